The number of anilines is 1. The van der Waals surface area contributed by atoms with Gasteiger partial charge in [-0.1, -0.05) is 12.1 Å². The molecule has 2 heterocycles. The van der Waals surface area contributed by atoms with Crippen LogP contribution in [0, 0.1) is 17.3 Å². The fourth-order valence-electron chi connectivity index (χ4n) is 2.38. The van der Waals surface area contributed by atoms with Crippen molar-refractivity contribution >= 4 is 21.5 Å². The standard InChI is InChI=1S/C19H15FN6O2S/c20-15-9-18(12-23-11-15)29(27,28)17-3-1-14(2-4-17)10-24-19(25-13-21)26-16-5-7-22-8-6-16/h1-9,11-12H,10H2,(H2,22,24,25,26). The molecule has 0 saturated carbocycles. The smallest absolute Gasteiger partial charge is 0.212 e. The molecule has 3 rings (SSSR count). The summed E-state index contributed by atoms with van der Waals surface area (Å²) in [5.74, 6) is -0.487. The summed E-state index contributed by atoms with van der Waals surface area (Å²) in [6.07, 6.45) is 6.94. The number of benzene rings is 1. The van der Waals surface area contributed by atoms with Gasteiger partial charge in [0.05, 0.1) is 16.0 Å². The van der Waals surface area contributed by atoms with Gasteiger partial charge in [0.2, 0.25) is 22.0 Å². The SMILES string of the molecule is N#C/N=C(\NCc1ccc(S(=O)(=O)c2cncc(F)c2)cc1)Nc1ccncc1. The van der Waals surface area contributed by atoms with Crippen molar-refractivity contribution in [2.75, 3.05) is 5.32 Å². The molecule has 0 fully saturated rings. The van der Waals surface area contributed by atoms with Crippen LogP contribution in [0.5, 0.6) is 0 Å². The summed E-state index contributed by atoms with van der Waals surface area (Å²) < 4.78 is 38.4. The number of rotatable bonds is 5. The Balaban J connectivity index is 1.70. The summed E-state index contributed by atoms with van der Waals surface area (Å²) in [5.41, 5.74) is 1.45. The van der Waals surface area contributed by atoms with Gasteiger partial charge in [-0.3, -0.25) is 9.97 Å². The molecule has 0 saturated heterocycles. The first-order chi connectivity index (χ1) is 14.0. The molecule has 1 aromatic carbocycles. The molecule has 3 aromatic rings. The van der Waals surface area contributed by atoms with E-state index in [2.05, 4.69) is 25.6 Å². The lowest BCUT2D eigenvalue weighted by Crippen LogP contribution is -2.30. The first-order valence-corrected chi connectivity index (χ1v) is 9.79. The van der Waals surface area contributed by atoms with Crippen LogP contribution in [0.1, 0.15) is 5.56 Å². The number of sulfone groups is 1. The zero-order valence-corrected chi connectivity index (χ0v) is 15.8. The van der Waals surface area contributed by atoms with Crippen molar-refractivity contribution in [2.24, 2.45) is 4.99 Å². The van der Waals surface area contributed by atoms with Crippen LogP contribution in [-0.2, 0) is 16.4 Å². The monoisotopic (exact) mass is 410 g/mol. The molecule has 0 spiro atoms. The van der Waals surface area contributed by atoms with Gasteiger partial charge in [-0.25, -0.2) is 12.8 Å². The first-order valence-electron chi connectivity index (χ1n) is 8.31. The minimum atomic E-state index is -3.87. The first kappa shape index (κ1) is 19.9. The van der Waals surface area contributed by atoms with Gasteiger partial charge in [-0.15, -0.1) is 4.99 Å². The van der Waals surface area contributed by atoms with Gasteiger partial charge in [-0.05, 0) is 35.9 Å². The fraction of sp³-hybridized carbons (Fsp3) is 0.0526. The number of hydrogen-bond acceptors (Lipinski definition) is 6. The Morgan fingerprint density at radius 2 is 1.79 bits per heavy atom. The number of nitrogens with one attached hydrogen (secondary N) is 2. The van der Waals surface area contributed by atoms with Gasteiger partial charge in [0.15, 0.2) is 0 Å². The lowest BCUT2D eigenvalue weighted by Gasteiger charge is -2.11. The second kappa shape index (κ2) is 8.90. The number of hydrogen-bond donors (Lipinski definition) is 2. The molecule has 0 aliphatic carbocycles. The average Bonchev–Trinajstić information content (AvgIpc) is 2.73. The highest BCUT2D eigenvalue weighted by Crippen LogP contribution is 2.21. The number of pyridine rings is 2. The van der Waals surface area contributed by atoms with Crippen LogP contribution in [0.3, 0.4) is 0 Å². The summed E-state index contributed by atoms with van der Waals surface area (Å²) in [4.78, 5) is 11.0. The number of guanidine groups is 1. The maximum Gasteiger partial charge on any atom is 0.212 e. The van der Waals surface area contributed by atoms with Crippen LogP contribution in [0.15, 0.2) is 82.0 Å². The molecule has 0 aliphatic rings. The van der Waals surface area contributed by atoms with Gasteiger partial charge < -0.3 is 10.6 Å². The van der Waals surface area contributed by atoms with E-state index >= 15 is 0 Å². The normalized spacial score (nSPS) is 11.5. The van der Waals surface area contributed by atoms with Crippen molar-refractivity contribution in [3.63, 3.8) is 0 Å². The molecule has 2 aromatic heterocycles. The van der Waals surface area contributed by atoms with Crippen LogP contribution in [0.2, 0.25) is 0 Å². The van der Waals surface area contributed by atoms with Crippen molar-refractivity contribution in [3.05, 3.63) is 78.6 Å². The molecule has 0 unspecified atom stereocenters. The minimum absolute atomic E-state index is 0.0227. The number of nitriles is 1. The second-order valence-corrected chi connectivity index (χ2v) is 7.71. The summed E-state index contributed by atoms with van der Waals surface area (Å²) in [7, 11) is -3.87. The zero-order chi connectivity index (χ0) is 20.7. The van der Waals surface area contributed by atoms with Crippen LogP contribution >= 0.6 is 0 Å². The van der Waals surface area contributed by atoms with Gasteiger partial charge in [0.1, 0.15) is 5.82 Å². The molecule has 0 atom stereocenters. The predicted octanol–water partition coefficient (Wildman–Crippen LogP) is 2.49. The predicted molar refractivity (Wildman–Crippen MR) is 104 cm³/mol. The van der Waals surface area contributed by atoms with Crippen molar-refractivity contribution < 1.29 is 12.8 Å². The minimum Gasteiger partial charge on any atom is -0.351 e. The number of halogens is 1. The summed E-state index contributed by atoms with van der Waals surface area (Å²) in [6, 6.07) is 10.4. The van der Waals surface area contributed by atoms with E-state index < -0.39 is 15.7 Å². The number of aromatic nitrogens is 2. The van der Waals surface area contributed by atoms with Gasteiger partial charge >= 0.3 is 0 Å². The van der Waals surface area contributed by atoms with E-state index in [1.54, 1.807) is 42.9 Å². The lowest BCUT2D eigenvalue weighted by molar-refractivity contribution is 0.588. The van der Waals surface area contributed by atoms with E-state index in [-0.39, 0.29) is 15.8 Å². The highest BCUT2D eigenvalue weighted by Gasteiger charge is 2.18. The Hall–Kier alpha value is -3.84. The van der Waals surface area contributed by atoms with E-state index in [9.17, 15) is 12.8 Å². The highest BCUT2D eigenvalue weighted by molar-refractivity contribution is 7.91. The summed E-state index contributed by atoms with van der Waals surface area (Å²) >= 11 is 0. The summed E-state index contributed by atoms with van der Waals surface area (Å²) in [6.45, 7) is 0.292. The molecule has 0 aliphatic heterocycles. The molecule has 10 heteroatoms. The molecule has 29 heavy (non-hydrogen) atoms. The van der Waals surface area contributed by atoms with Crippen LogP contribution in [0.4, 0.5) is 10.1 Å². The fourth-order valence-corrected chi connectivity index (χ4v) is 3.62. The van der Waals surface area contributed by atoms with E-state index in [1.165, 1.54) is 12.1 Å². The van der Waals surface area contributed by atoms with Crippen LogP contribution < -0.4 is 10.6 Å². The molecule has 2 N–H and O–H groups in total. The van der Waals surface area contributed by atoms with Crippen LogP contribution in [-0.4, -0.2) is 24.3 Å². The van der Waals surface area contributed by atoms with Crippen molar-refractivity contribution in [3.8, 4) is 6.19 Å². The van der Waals surface area contributed by atoms with E-state index in [0.717, 1.165) is 24.0 Å². The third kappa shape index (κ3) is 5.12. The van der Waals surface area contributed by atoms with E-state index in [4.69, 9.17) is 5.26 Å². The Morgan fingerprint density at radius 3 is 2.45 bits per heavy atom. The third-order valence-corrected chi connectivity index (χ3v) is 5.53. The van der Waals surface area contributed by atoms with Gasteiger partial charge in [0, 0.05) is 30.8 Å². The molecule has 0 radical (unpaired) electrons. The Kier molecular flexibility index (Phi) is 6.11. The molecule has 0 amide bonds. The van der Waals surface area contributed by atoms with Gasteiger partial charge in [0.25, 0.3) is 0 Å². The van der Waals surface area contributed by atoms with E-state index in [0.29, 0.717) is 12.2 Å². The molecular weight excluding hydrogens is 395 g/mol. The largest absolute Gasteiger partial charge is 0.351 e. The molecule has 0 bridgehead atoms. The highest BCUT2D eigenvalue weighted by atomic mass is 32.2. The second-order valence-electron chi connectivity index (χ2n) is 5.76. The van der Waals surface area contributed by atoms with Crippen molar-refractivity contribution in [1.29, 1.82) is 5.26 Å². The number of nitrogens with zero attached hydrogens (tertiary/aromatic N) is 4. The Morgan fingerprint density at radius 1 is 1.07 bits per heavy atom. The molecule has 8 nitrogen and oxygen atoms in total. The topological polar surface area (TPSA) is 120 Å². The van der Waals surface area contributed by atoms with E-state index in [1.807, 2.05) is 0 Å². The maximum absolute atomic E-state index is 13.3. The third-order valence-electron chi connectivity index (χ3n) is 3.79. The summed E-state index contributed by atoms with van der Waals surface area (Å²) in [5, 5.41) is 14.8. The number of aliphatic imine (C=N–C) groups is 1. The molecule has 146 valence electrons. The Bertz CT molecular complexity index is 1160. The quantitative estimate of drug-likeness (QED) is 0.377. The Labute approximate surface area is 166 Å². The maximum atomic E-state index is 13.3. The van der Waals surface area contributed by atoms with Crippen molar-refractivity contribution in [1.82, 2.24) is 15.3 Å². The van der Waals surface area contributed by atoms with Crippen LogP contribution in [0.25, 0.3) is 0 Å². The molecular formula is C19H15FN6O2S. The van der Waals surface area contributed by atoms with Gasteiger partial charge in [-0.2, -0.15) is 5.26 Å². The average molecular weight is 410 g/mol. The lowest BCUT2D eigenvalue weighted by atomic mass is 10.2. The van der Waals surface area contributed by atoms with Crippen molar-refractivity contribution in [2.45, 2.75) is 16.3 Å². The zero-order valence-electron chi connectivity index (χ0n) is 14.9.